The molecule has 1 aliphatic rings. The number of nitrogens with zero attached hydrogens (tertiary/aromatic N) is 4. The highest BCUT2D eigenvalue weighted by Crippen LogP contribution is 2.23. The lowest BCUT2D eigenvalue weighted by Crippen LogP contribution is -2.43. The molecule has 3 heterocycles. The quantitative estimate of drug-likeness (QED) is 0.587. The van der Waals surface area contributed by atoms with Gasteiger partial charge in [-0.1, -0.05) is 13.8 Å². The molecule has 0 aliphatic carbocycles. The number of halogens is 2. The first-order chi connectivity index (χ1) is 15.7. The van der Waals surface area contributed by atoms with Crippen LogP contribution in [0, 0.1) is 11.6 Å². The van der Waals surface area contributed by atoms with Gasteiger partial charge in [-0.3, -0.25) is 4.79 Å². The first-order valence-corrected chi connectivity index (χ1v) is 12.1. The Hall–Kier alpha value is -3.05. The van der Waals surface area contributed by atoms with Gasteiger partial charge in [-0.15, -0.1) is 0 Å². The Bertz CT molecular complexity index is 1170. The number of carbonyl (C=O) groups is 1. The van der Waals surface area contributed by atoms with Gasteiger partial charge in [0, 0.05) is 38.1 Å². The van der Waals surface area contributed by atoms with Gasteiger partial charge in [0.1, 0.15) is 11.6 Å². The maximum absolute atomic E-state index is 12.5. The van der Waals surface area contributed by atoms with E-state index in [1.165, 1.54) is 10.5 Å². The van der Waals surface area contributed by atoms with Crippen LogP contribution in [0.5, 0.6) is 0 Å². The van der Waals surface area contributed by atoms with Crippen LogP contribution in [-0.4, -0.2) is 54.4 Å². The Morgan fingerprint density at radius 2 is 1.64 bits per heavy atom. The average molecular weight is 480 g/mol. The van der Waals surface area contributed by atoms with E-state index >= 15 is 0 Å². The smallest absolute Gasteiger partial charge is 0.304 e. The third-order valence-electron chi connectivity index (χ3n) is 5.29. The Labute approximate surface area is 192 Å². The summed E-state index contributed by atoms with van der Waals surface area (Å²) in [5.41, 5.74) is 1.86. The number of benzene rings is 1. The van der Waals surface area contributed by atoms with Crippen molar-refractivity contribution in [1.29, 1.82) is 0 Å². The molecule has 11 heteroatoms. The molecule has 1 amide bonds. The molecule has 1 N–H and O–H groups in total. The van der Waals surface area contributed by atoms with Crippen LogP contribution in [0.15, 0.2) is 48.8 Å². The maximum atomic E-state index is 12.5. The van der Waals surface area contributed by atoms with Gasteiger partial charge in [0.15, 0.2) is 0 Å². The molecule has 3 aromatic rings. The van der Waals surface area contributed by atoms with E-state index < -0.39 is 27.8 Å². The van der Waals surface area contributed by atoms with Crippen LogP contribution in [0.1, 0.15) is 37.0 Å². The highest BCUT2D eigenvalue weighted by Gasteiger charge is 2.24. The van der Waals surface area contributed by atoms with Gasteiger partial charge in [0.25, 0.3) is 5.91 Å². The van der Waals surface area contributed by atoms with E-state index in [1.54, 1.807) is 24.6 Å². The minimum absolute atomic E-state index is 0.247. The molecular formula is C22H27F2N5O3S. The van der Waals surface area contributed by atoms with E-state index in [1.807, 2.05) is 12.1 Å². The summed E-state index contributed by atoms with van der Waals surface area (Å²) in [5, 5.41) is 4.15. The highest BCUT2D eigenvalue weighted by molar-refractivity contribution is 7.87. The van der Waals surface area contributed by atoms with E-state index in [4.69, 9.17) is 0 Å². The molecule has 4 rings (SSSR count). The van der Waals surface area contributed by atoms with Crippen molar-refractivity contribution in [3.63, 3.8) is 0 Å². The molecule has 0 radical (unpaired) electrons. The molecule has 1 aromatic carbocycles. The summed E-state index contributed by atoms with van der Waals surface area (Å²) >= 11 is 0. The zero-order valence-corrected chi connectivity index (χ0v) is 19.4. The lowest BCUT2D eigenvalue weighted by molar-refractivity contribution is 0.0981. The number of pyridine rings is 1. The van der Waals surface area contributed by atoms with Crippen LogP contribution < -0.4 is 9.62 Å². The second-order valence-electron chi connectivity index (χ2n) is 7.42. The molecule has 1 aliphatic heterocycles. The number of fused-ring (bicyclic) bond motifs is 1. The molecule has 0 saturated carbocycles. The number of rotatable bonds is 6. The van der Waals surface area contributed by atoms with Gasteiger partial charge in [0.05, 0.1) is 17.3 Å². The van der Waals surface area contributed by atoms with E-state index in [2.05, 4.69) is 14.7 Å². The first kappa shape index (κ1) is 24.6. The predicted molar refractivity (Wildman–Crippen MR) is 122 cm³/mol. The van der Waals surface area contributed by atoms with Crippen LogP contribution in [0.3, 0.4) is 0 Å². The van der Waals surface area contributed by atoms with Crippen molar-refractivity contribution in [2.45, 2.75) is 26.7 Å². The van der Waals surface area contributed by atoms with Crippen LogP contribution in [0.4, 0.5) is 14.5 Å². The fourth-order valence-corrected chi connectivity index (χ4v) is 4.70. The van der Waals surface area contributed by atoms with Crippen molar-refractivity contribution in [1.82, 2.24) is 18.6 Å². The van der Waals surface area contributed by atoms with E-state index in [9.17, 15) is 22.0 Å². The second kappa shape index (κ2) is 10.7. The lowest BCUT2D eigenvalue weighted by atomic mass is 10.2. The van der Waals surface area contributed by atoms with E-state index in [-0.39, 0.29) is 5.56 Å². The maximum Gasteiger partial charge on any atom is 0.304 e. The minimum atomic E-state index is -3.86. The summed E-state index contributed by atoms with van der Waals surface area (Å²) in [4.78, 5) is 14.8. The minimum Gasteiger partial charge on any atom is -0.371 e. The lowest BCUT2D eigenvalue weighted by Gasteiger charge is -2.19. The first-order valence-electron chi connectivity index (χ1n) is 10.7. The number of carbonyl (C=O) groups excluding carboxylic acids is 1. The molecule has 0 atom stereocenters. The number of amides is 1. The van der Waals surface area contributed by atoms with Crippen molar-refractivity contribution >= 4 is 27.3 Å². The van der Waals surface area contributed by atoms with Gasteiger partial charge in [-0.25, -0.2) is 18.0 Å². The summed E-state index contributed by atoms with van der Waals surface area (Å²) < 4.78 is 53.3. The van der Waals surface area contributed by atoms with Gasteiger partial charge >= 0.3 is 10.2 Å². The van der Waals surface area contributed by atoms with Crippen molar-refractivity contribution < 1.29 is 22.0 Å². The highest BCUT2D eigenvalue weighted by atomic mass is 32.2. The van der Waals surface area contributed by atoms with Gasteiger partial charge in [-0.05, 0) is 49.2 Å². The molecule has 0 unspecified atom stereocenters. The number of hydrogen-bond donors (Lipinski definition) is 1. The molecule has 8 nitrogen and oxygen atoms in total. The van der Waals surface area contributed by atoms with E-state index in [0.717, 1.165) is 55.9 Å². The molecule has 178 valence electrons. The fraction of sp³-hybridized carbons (Fsp3) is 0.364. The summed E-state index contributed by atoms with van der Waals surface area (Å²) in [6, 6.07) is 8.16. The third-order valence-corrected chi connectivity index (χ3v) is 6.93. The van der Waals surface area contributed by atoms with Crippen molar-refractivity contribution in [2.75, 3.05) is 31.1 Å². The average Bonchev–Trinajstić information content (AvgIpc) is 3.46. The predicted octanol–water partition coefficient (Wildman–Crippen LogP) is 3.22. The van der Waals surface area contributed by atoms with Crippen LogP contribution in [-0.2, 0) is 10.2 Å². The molecule has 0 spiro atoms. The third kappa shape index (κ3) is 6.05. The monoisotopic (exact) mass is 479 g/mol. The van der Waals surface area contributed by atoms with Gasteiger partial charge < -0.3 is 4.90 Å². The van der Waals surface area contributed by atoms with Gasteiger partial charge in [-0.2, -0.15) is 17.8 Å². The molecule has 1 fully saturated rings. The summed E-state index contributed by atoms with van der Waals surface area (Å²) in [6.45, 7) is 6.03. The second-order valence-corrected chi connectivity index (χ2v) is 9.09. The van der Waals surface area contributed by atoms with Crippen LogP contribution in [0.25, 0.3) is 5.52 Å². The van der Waals surface area contributed by atoms with Crippen molar-refractivity contribution in [3.8, 4) is 0 Å². The number of aromatic nitrogens is 2. The van der Waals surface area contributed by atoms with Crippen molar-refractivity contribution in [2.24, 2.45) is 0 Å². The summed E-state index contributed by atoms with van der Waals surface area (Å²) in [6.07, 6.45) is 5.49. The topological polar surface area (TPSA) is 87.0 Å². The van der Waals surface area contributed by atoms with Crippen LogP contribution >= 0.6 is 0 Å². The Morgan fingerprint density at radius 3 is 2.18 bits per heavy atom. The van der Waals surface area contributed by atoms with Crippen LogP contribution in [0.2, 0.25) is 0 Å². The Kier molecular flexibility index (Phi) is 7.98. The van der Waals surface area contributed by atoms with Crippen molar-refractivity contribution in [3.05, 3.63) is 66.0 Å². The van der Waals surface area contributed by atoms with Gasteiger partial charge in [0.2, 0.25) is 0 Å². The molecular weight excluding hydrogens is 452 g/mol. The fourth-order valence-electron chi connectivity index (χ4n) is 3.55. The Morgan fingerprint density at radius 1 is 1.06 bits per heavy atom. The van der Waals surface area contributed by atoms with E-state index in [0.29, 0.717) is 18.6 Å². The zero-order chi connectivity index (χ0) is 24.0. The summed E-state index contributed by atoms with van der Waals surface area (Å²) in [5.74, 6) is -1.49. The molecule has 1 saturated heterocycles. The molecule has 2 aromatic heterocycles. The Balaban J connectivity index is 0.000000323. The number of hydrogen-bond acceptors (Lipinski definition) is 5. The standard InChI is InChI=1S/C16H23N5O3S.C6H4F2/c1-3-20(4-2)25(23,24)18-16(22)14-12-17-21-10-7-13(11-15(14)21)19-8-5-6-9-19;7-5-1-2-6(8)4-3-5/h7,10-12H,3-6,8-9H2,1-2H3,(H,18,22);1-4H. The SMILES string of the molecule is CCN(CC)S(=O)(=O)NC(=O)c1cnn2ccc(N3CCCC3)cc12.Fc1ccc(F)cc1. The number of nitrogens with one attached hydrogen (secondary N) is 1. The summed E-state index contributed by atoms with van der Waals surface area (Å²) in [7, 11) is -3.86. The molecule has 0 bridgehead atoms. The molecule has 33 heavy (non-hydrogen) atoms. The number of anilines is 1. The normalized spacial score (nSPS) is 13.8. The zero-order valence-electron chi connectivity index (χ0n) is 18.5. The largest absolute Gasteiger partial charge is 0.371 e.